The monoisotopic (exact) mass is 317 g/mol. The van der Waals surface area contributed by atoms with Crippen molar-refractivity contribution in [2.24, 2.45) is 0 Å². The van der Waals surface area contributed by atoms with Gasteiger partial charge in [0.15, 0.2) is 0 Å². The minimum absolute atomic E-state index is 0.0437. The van der Waals surface area contributed by atoms with Gasteiger partial charge in [-0.1, -0.05) is 18.2 Å². The van der Waals surface area contributed by atoms with Crippen molar-refractivity contribution in [1.29, 1.82) is 0 Å². The van der Waals surface area contributed by atoms with E-state index in [-0.39, 0.29) is 5.91 Å². The van der Waals surface area contributed by atoms with E-state index in [0.717, 1.165) is 9.13 Å². The van der Waals surface area contributed by atoms with Gasteiger partial charge >= 0.3 is 0 Å². The molecule has 1 N–H and O–H groups in total. The van der Waals surface area contributed by atoms with E-state index < -0.39 is 6.23 Å². The lowest BCUT2D eigenvalue weighted by molar-refractivity contribution is -0.134. The minimum atomic E-state index is -0.603. The highest BCUT2D eigenvalue weighted by atomic mass is 127. The summed E-state index contributed by atoms with van der Waals surface area (Å²) in [6, 6.07) is 7.90. The Balaban J connectivity index is 2.15. The van der Waals surface area contributed by atoms with Crippen LogP contribution in [0.25, 0.3) is 0 Å². The summed E-state index contributed by atoms with van der Waals surface area (Å²) in [5.74, 6) is 0.0437. The number of carbonyl (C=O) groups excluding carboxylic acids is 1. The van der Waals surface area contributed by atoms with Gasteiger partial charge in [0.2, 0.25) is 5.91 Å². The first-order valence-corrected chi connectivity index (χ1v) is 5.97. The molecule has 80 valence electrons. The van der Waals surface area contributed by atoms with Crippen molar-refractivity contribution in [3.05, 3.63) is 33.4 Å². The smallest absolute Gasteiger partial charge is 0.225 e. The number of benzene rings is 1. The highest BCUT2D eigenvalue weighted by molar-refractivity contribution is 14.1. The Morgan fingerprint density at radius 1 is 1.47 bits per heavy atom. The Bertz CT molecular complexity index is 381. The van der Waals surface area contributed by atoms with E-state index in [4.69, 9.17) is 0 Å². The minimum Gasteiger partial charge on any atom is -0.373 e. The number of aliphatic hydroxyl groups excluding tert-OH is 1. The third-order valence-electron chi connectivity index (χ3n) is 2.60. The van der Waals surface area contributed by atoms with Crippen LogP contribution in [-0.2, 0) is 11.3 Å². The van der Waals surface area contributed by atoms with E-state index in [9.17, 15) is 9.90 Å². The third-order valence-corrected chi connectivity index (χ3v) is 3.65. The lowest BCUT2D eigenvalue weighted by atomic mass is 10.2. The fourth-order valence-corrected chi connectivity index (χ4v) is 2.28. The number of aliphatic hydroxyl groups is 1. The van der Waals surface area contributed by atoms with Crippen LogP contribution in [0.2, 0.25) is 0 Å². The van der Waals surface area contributed by atoms with Gasteiger partial charge in [0.1, 0.15) is 6.23 Å². The molecule has 1 unspecified atom stereocenters. The van der Waals surface area contributed by atoms with E-state index in [2.05, 4.69) is 22.6 Å². The summed E-state index contributed by atoms with van der Waals surface area (Å²) in [7, 11) is 0. The molecule has 1 aliphatic heterocycles. The van der Waals surface area contributed by atoms with Crippen molar-refractivity contribution in [1.82, 2.24) is 4.90 Å². The Labute approximate surface area is 102 Å². The van der Waals surface area contributed by atoms with Crippen molar-refractivity contribution >= 4 is 28.5 Å². The molecule has 15 heavy (non-hydrogen) atoms. The van der Waals surface area contributed by atoms with E-state index in [1.165, 1.54) is 4.90 Å². The number of likely N-dealkylation sites (tertiary alicyclic amines) is 1. The summed E-state index contributed by atoms with van der Waals surface area (Å²) in [4.78, 5) is 13.0. The number of halogens is 1. The molecule has 1 aliphatic rings. The standard InChI is InChI=1S/C11H12INO2/c12-9-4-2-1-3-8(9)7-13-10(14)5-6-11(13)15/h1-4,10,14H,5-7H2. The molecule has 1 fully saturated rings. The van der Waals surface area contributed by atoms with E-state index in [0.29, 0.717) is 19.4 Å². The van der Waals surface area contributed by atoms with Crippen LogP contribution >= 0.6 is 22.6 Å². The molecule has 1 amide bonds. The Kier molecular flexibility index (Phi) is 3.25. The van der Waals surface area contributed by atoms with Crippen molar-refractivity contribution in [2.75, 3.05) is 0 Å². The predicted molar refractivity (Wildman–Crippen MR) is 64.9 cm³/mol. The Morgan fingerprint density at radius 3 is 2.80 bits per heavy atom. The first-order valence-electron chi connectivity index (χ1n) is 4.89. The first-order chi connectivity index (χ1) is 7.18. The van der Waals surface area contributed by atoms with Crippen molar-refractivity contribution in [3.8, 4) is 0 Å². The SMILES string of the molecule is O=C1CCC(O)N1Cc1ccccc1I. The number of nitrogens with zero attached hydrogens (tertiary/aromatic N) is 1. The summed E-state index contributed by atoms with van der Waals surface area (Å²) in [5, 5.41) is 9.61. The van der Waals surface area contributed by atoms with Gasteiger partial charge in [-0.3, -0.25) is 4.79 Å². The molecule has 1 aromatic carbocycles. The second kappa shape index (κ2) is 4.49. The number of hydrogen-bond acceptors (Lipinski definition) is 2. The Hall–Kier alpha value is -0.620. The number of rotatable bonds is 2. The van der Waals surface area contributed by atoms with Gasteiger partial charge in [-0.2, -0.15) is 0 Å². The van der Waals surface area contributed by atoms with Crippen LogP contribution in [0.5, 0.6) is 0 Å². The van der Waals surface area contributed by atoms with Gasteiger partial charge in [0, 0.05) is 23.0 Å². The first kappa shape index (κ1) is 10.9. The quantitative estimate of drug-likeness (QED) is 0.844. The zero-order valence-electron chi connectivity index (χ0n) is 8.19. The number of hydrogen-bond donors (Lipinski definition) is 1. The van der Waals surface area contributed by atoms with Crippen LogP contribution in [0.1, 0.15) is 18.4 Å². The van der Waals surface area contributed by atoms with Gasteiger partial charge in [-0.15, -0.1) is 0 Å². The van der Waals surface area contributed by atoms with Crippen LogP contribution in [-0.4, -0.2) is 22.1 Å². The van der Waals surface area contributed by atoms with E-state index >= 15 is 0 Å². The maximum Gasteiger partial charge on any atom is 0.225 e. The average Bonchev–Trinajstić information content (AvgIpc) is 2.53. The molecule has 0 aliphatic carbocycles. The summed E-state index contributed by atoms with van der Waals surface area (Å²) < 4.78 is 1.13. The maximum absolute atomic E-state index is 11.5. The molecular formula is C11H12INO2. The maximum atomic E-state index is 11.5. The molecule has 1 atom stereocenters. The summed E-state index contributed by atoms with van der Waals surface area (Å²) in [5.41, 5.74) is 1.09. The van der Waals surface area contributed by atoms with Crippen LogP contribution in [0.15, 0.2) is 24.3 Å². The molecule has 4 heteroatoms. The van der Waals surface area contributed by atoms with Crippen molar-refractivity contribution in [2.45, 2.75) is 25.6 Å². The zero-order chi connectivity index (χ0) is 10.8. The molecule has 0 radical (unpaired) electrons. The fourth-order valence-electron chi connectivity index (χ4n) is 1.72. The summed E-state index contributed by atoms with van der Waals surface area (Å²) in [6.07, 6.45) is 0.417. The summed E-state index contributed by atoms with van der Waals surface area (Å²) >= 11 is 2.24. The molecule has 1 heterocycles. The van der Waals surface area contributed by atoms with Crippen LogP contribution in [0.4, 0.5) is 0 Å². The molecule has 3 nitrogen and oxygen atoms in total. The second-order valence-electron chi connectivity index (χ2n) is 3.63. The normalized spacial score (nSPS) is 21.1. The number of amides is 1. The zero-order valence-corrected chi connectivity index (χ0v) is 10.3. The van der Waals surface area contributed by atoms with Crippen molar-refractivity contribution in [3.63, 3.8) is 0 Å². The highest BCUT2D eigenvalue weighted by Gasteiger charge is 2.29. The lowest BCUT2D eigenvalue weighted by Gasteiger charge is -2.20. The molecule has 0 aromatic heterocycles. The van der Waals surface area contributed by atoms with Gasteiger partial charge in [-0.25, -0.2) is 0 Å². The second-order valence-corrected chi connectivity index (χ2v) is 4.79. The van der Waals surface area contributed by atoms with Gasteiger partial charge in [0.05, 0.1) is 0 Å². The lowest BCUT2D eigenvalue weighted by Crippen LogP contribution is -2.32. The van der Waals surface area contributed by atoms with Crippen LogP contribution in [0.3, 0.4) is 0 Å². The topological polar surface area (TPSA) is 40.5 Å². The molecule has 1 saturated heterocycles. The van der Waals surface area contributed by atoms with Crippen LogP contribution in [0, 0.1) is 3.57 Å². The highest BCUT2D eigenvalue weighted by Crippen LogP contribution is 2.21. The summed E-state index contributed by atoms with van der Waals surface area (Å²) in [6.45, 7) is 0.513. The molecule has 2 rings (SSSR count). The number of carbonyl (C=O) groups is 1. The predicted octanol–water partition coefficient (Wildman–Crippen LogP) is 1.73. The molecule has 1 aromatic rings. The van der Waals surface area contributed by atoms with Gasteiger partial charge < -0.3 is 10.0 Å². The van der Waals surface area contributed by atoms with E-state index in [1.807, 2.05) is 24.3 Å². The fraction of sp³-hybridized carbons (Fsp3) is 0.364. The third kappa shape index (κ3) is 2.31. The van der Waals surface area contributed by atoms with Gasteiger partial charge in [-0.05, 0) is 34.2 Å². The molecular weight excluding hydrogens is 305 g/mol. The van der Waals surface area contributed by atoms with E-state index in [1.54, 1.807) is 0 Å². The Morgan fingerprint density at radius 2 is 2.20 bits per heavy atom. The van der Waals surface area contributed by atoms with Crippen molar-refractivity contribution < 1.29 is 9.90 Å². The molecule has 0 bridgehead atoms. The average molecular weight is 317 g/mol. The van der Waals surface area contributed by atoms with Gasteiger partial charge in [0.25, 0.3) is 0 Å². The largest absolute Gasteiger partial charge is 0.373 e. The molecule has 0 saturated carbocycles. The van der Waals surface area contributed by atoms with Crippen LogP contribution < -0.4 is 0 Å². The molecule has 0 spiro atoms.